The second kappa shape index (κ2) is 4.25. The fourth-order valence-corrected chi connectivity index (χ4v) is 2.04. The van der Waals surface area contributed by atoms with E-state index in [0.717, 1.165) is 13.0 Å². The molecule has 3 unspecified atom stereocenters. The van der Waals surface area contributed by atoms with Crippen LogP contribution in [0, 0.1) is 5.92 Å². The van der Waals surface area contributed by atoms with Gasteiger partial charge < -0.3 is 9.47 Å². The van der Waals surface area contributed by atoms with Gasteiger partial charge in [0.1, 0.15) is 6.04 Å². The Morgan fingerprint density at radius 3 is 3.21 bits per heavy atom. The summed E-state index contributed by atoms with van der Waals surface area (Å²) >= 11 is 0. The van der Waals surface area contributed by atoms with Gasteiger partial charge in [0.25, 0.3) is 0 Å². The zero-order valence-electron chi connectivity index (χ0n) is 8.29. The van der Waals surface area contributed by atoms with E-state index in [0.29, 0.717) is 19.3 Å². The van der Waals surface area contributed by atoms with Gasteiger partial charge in [0.2, 0.25) is 0 Å². The Morgan fingerprint density at radius 2 is 2.43 bits per heavy atom. The van der Waals surface area contributed by atoms with Crippen LogP contribution in [0.15, 0.2) is 0 Å². The normalized spacial score (nSPS) is 36.5. The molecule has 0 amide bonds. The van der Waals surface area contributed by atoms with Gasteiger partial charge in [-0.25, -0.2) is 5.43 Å². The van der Waals surface area contributed by atoms with Gasteiger partial charge in [0.15, 0.2) is 0 Å². The molecule has 5 heteroatoms. The number of rotatable bonds is 2. The second-order valence-electron chi connectivity index (χ2n) is 3.65. The van der Waals surface area contributed by atoms with Crippen LogP contribution in [0.2, 0.25) is 0 Å². The average molecular weight is 200 g/mol. The number of fused-ring (bicyclic) bond motifs is 1. The van der Waals surface area contributed by atoms with Gasteiger partial charge in [-0.2, -0.15) is 0 Å². The molecule has 14 heavy (non-hydrogen) atoms. The standard InChI is InChI=1S/C9H16N2O3/c1-2-14-9(12)8-6-5-13-4-3-7(6)10-11-8/h6-8,10-11H,2-5H2,1H3. The van der Waals surface area contributed by atoms with Crippen LogP contribution in [0.4, 0.5) is 0 Å². The lowest BCUT2D eigenvalue weighted by molar-refractivity contribution is -0.147. The number of hydrazine groups is 1. The zero-order chi connectivity index (χ0) is 9.97. The third-order valence-electron chi connectivity index (χ3n) is 2.79. The number of esters is 1. The quantitative estimate of drug-likeness (QED) is 0.585. The highest BCUT2D eigenvalue weighted by molar-refractivity contribution is 5.76. The van der Waals surface area contributed by atoms with Crippen molar-refractivity contribution in [3.63, 3.8) is 0 Å². The lowest BCUT2D eigenvalue weighted by atomic mass is 9.92. The Balaban J connectivity index is 1.96. The summed E-state index contributed by atoms with van der Waals surface area (Å²) in [6.45, 7) is 3.64. The third kappa shape index (κ3) is 1.75. The second-order valence-corrected chi connectivity index (χ2v) is 3.65. The monoisotopic (exact) mass is 200 g/mol. The molecular formula is C9H16N2O3. The molecule has 0 saturated carbocycles. The summed E-state index contributed by atoms with van der Waals surface area (Å²) in [5.74, 6) is 0.0285. The maximum Gasteiger partial charge on any atom is 0.324 e. The van der Waals surface area contributed by atoms with E-state index in [2.05, 4.69) is 10.9 Å². The molecule has 2 heterocycles. The van der Waals surface area contributed by atoms with Crippen molar-refractivity contribution in [3.8, 4) is 0 Å². The highest BCUT2D eigenvalue weighted by Crippen LogP contribution is 2.22. The molecule has 0 aromatic heterocycles. The molecule has 2 fully saturated rings. The first kappa shape index (κ1) is 9.89. The molecule has 0 aliphatic carbocycles. The molecule has 0 aromatic rings. The van der Waals surface area contributed by atoms with Crippen LogP contribution in [0.3, 0.4) is 0 Å². The average Bonchev–Trinajstić information content (AvgIpc) is 2.61. The first-order valence-electron chi connectivity index (χ1n) is 5.08. The van der Waals surface area contributed by atoms with Gasteiger partial charge in [0, 0.05) is 18.6 Å². The van der Waals surface area contributed by atoms with Crippen LogP contribution >= 0.6 is 0 Å². The number of ether oxygens (including phenoxy) is 2. The molecular weight excluding hydrogens is 184 g/mol. The van der Waals surface area contributed by atoms with Crippen LogP contribution in [0.25, 0.3) is 0 Å². The molecule has 5 nitrogen and oxygen atoms in total. The first-order valence-corrected chi connectivity index (χ1v) is 5.08. The number of carbonyl (C=O) groups is 1. The van der Waals surface area contributed by atoms with E-state index in [1.54, 1.807) is 0 Å². The minimum atomic E-state index is -0.250. The maximum absolute atomic E-state index is 11.5. The minimum Gasteiger partial charge on any atom is -0.465 e. The highest BCUT2D eigenvalue weighted by atomic mass is 16.5. The fraction of sp³-hybridized carbons (Fsp3) is 0.889. The first-order chi connectivity index (χ1) is 6.83. The summed E-state index contributed by atoms with van der Waals surface area (Å²) in [6.07, 6.45) is 0.952. The van der Waals surface area contributed by atoms with Gasteiger partial charge in [0.05, 0.1) is 13.2 Å². The molecule has 0 spiro atoms. The van der Waals surface area contributed by atoms with E-state index in [9.17, 15) is 4.79 Å². The summed E-state index contributed by atoms with van der Waals surface area (Å²) in [7, 11) is 0. The van der Waals surface area contributed by atoms with Crippen molar-refractivity contribution in [3.05, 3.63) is 0 Å². The minimum absolute atomic E-state index is 0.182. The van der Waals surface area contributed by atoms with E-state index in [-0.39, 0.29) is 17.9 Å². The highest BCUT2D eigenvalue weighted by Gasteiger charge is 2.42. The Bertz CT molecular complexity index is 222. The van der Waals surface area contributed by atoms with E-state index in [1.165, 1.54) is 0 Å². The predicted octanol–water partition coefficient (Wildman–Crippen LogP) is -0.569. The van der Waals surface area contributed by atoms with Crippen LogP contribution in [0.5, 0.6) is 0 Å². The largest absolute Gasteiger partial charge is 0.465 e. The molecule has 0 aromatic carbocycles. The smallest absolute Gasteiger partial charge is 0.324 e. The SMILES string of the molecule is CCOC(=O)C1NNC2CCOCC21. The summed E-state index contributed by atoms with van der Waals surface area (Å²) in [5.41, 5.74) is 6.10. The molecule has 2 aliphatic heterocycles. The Labute approximate surface area is 83.1 Å². The van der Waals surface area contributed by atoms with Crippen LogP contribution in [0.1, 0.15) is 13.3 Å². The van der Waals surface area contributed by atoms with E-state index in [4.69, 9.17) is 9.47 Å². The van der Waals surface area contributed by atoms with Gasteiger partial charge in [-0.1, -0.05) is 0 Å². The molecule has 2 N–H and O–H groups in total. The summed E-state index contributed by atoms with van der Waals surface area (Å²) in [4.78, 5) is 11.5. The molecule has 3 atom stereocenters. The van der Waals surface area contributed by atoms with Crippen molar-refractivity contribution < 1.29 is 14.3 Å². The van der Waals surface area contributed by atoms with Gasteiger partial charge in [-0.3, -0.25) is 10.2 Å². The van der Waals surface area contributed by atoms with Crippen LogP contribution < -0.4 is 10.9 Å². The van der Waals surface area contributed by atoms with Gasteiger partial charge >= 0.3 is 5.97 Å². The van der Waals surface area contributed by atoms with Crippen molar-refractivity contribution >= 4 is 5.97 Å². The Kier molecular flexibility index (Phi) is 3.00. The lowest BCUT2D eigenvalue weighted by Crippen LogP contribution is -2.41. The molecule has 2 rings (SSSR count). The van der Waals surface area contributed by atoms with E-state index in [1.807, 2.05) is 6.92 Å². The number of nitrogens with one attached hydrogen (secondary N) is 2. The number of hydrogen-bond acceptors (Lipinski definition) is 5. The maximum atomic E-state index is 11.5. The van der Waals surface area contributed by atoms with E-state index < -0.39 is 0 Å². The topological polar surface area (TPSA) is 59.6 Å². The van der Waals surface area contributed by atoms with Crippen molar-refractivity contribution in [1.29, 1.82) is 0 Å². The number of carbonyl (C=O) groups excluding carboxylic acids is 1. The lowest BCUT2D eigenvalue weighted by Gasteiger charge is -2.26. The summed E-state index contributed by atoms with van der Waals surface area (Å²) in [6, 6.07) is 0.0957. The van der Waals surface area contributed by atoms with Crippen molar-refractivity contribution in [2.45, 2.75) is 25.4 Å². The van der Waals surface area contributed by atoms with Crippen molar-refractivity contribution in [1.82, 2.24) is 10.9 Å². The van der Waals surface area contributed by atoms with E-state index >= 15 is 0 Å². The molecule has 0 bridgehead atoms. The molecule has 80 valence electrons. The van der Waals surface area contributed by atoms with Crippen LogP contribution in [-0.2, 0) is 14.3 Å². The Hall–Kier alpha value is -0.650. The Morgan fingerprint density at radius 1 is 1.57 bits per heavy atom. The van der Waals surface area contributed by atoms with Crippen molar-refractivity contribution in [2.75, 3.05) is 19.8 Å². The molecule has 2 saturated heterocycles. The zero-order valence-corrected chi connectivity index (χ0v) is 8.29. The van der Waals surface area contributed by atoms with Gasteiger partial charge in [-0.15, -0.1) is 0 Å². The van der Waals surface area contributed by atoms with Crippen molar-refractivity contribution in [2.24, 2.45) is 5.92 Å². The summed E-state index contributed by atoms with van der Waals surface area (Å²) in [5, 5.41) is 0. The van der Waals surface area contributed by atoms with Crippen LogP contribution in [-0.4, -0.2) is 37.9 Å². The summed E-state index contributed by atoms with van der Waals surface area (Å²) < 4.78 is 10.3. The fourth-order valence-electron chi connectivity index (χ4n) is 2.04. The predicted molar refractivity (Wildman–Crippen MR) is 49.4 cm³/mol. The molecule has 2 aliphatic rings. The third-order valence-corrected chi connectivity index (χ3v) is 2.79. The molecule has 0 radical (unpaired) electrons. The van der Waals surface area contributed by atoms with Gasteiger partial charge in [-0.05, 0) is 13.3 Å². The number of hydrogen-bond donors (Lipinski definition) is 2.